The van der Waals surface area contributed by atoms with E-state index in [1.54, 1.807) is 0 Å². The molecule has 1 heterocycles. The number of rotatable bonds is 2. The molecule has 0 spiro atoms. The van der Waals surface area contributed by atoms with Crippen LogP contribution in [0.2, 0.25) is 0 Å². The third kappa shape index (κ3) is 1.67. The summed E-state index contributed by atoms with van der Waals surface area (Å²) in [6.45, 7) is 0. The van der Waals surface area contributed by atoms with Gasteiger partial charge in [-0.25, -0.2) is 0 Å². The fraction of sp³-hybridized carbons (Fsp3) is 0.438. The normalized spacial score (nSPS) is 29.9. The Kier molecular flexibility index (Phi) is 2.29. The van der Waals surface area contributed by atoms with Gasteiger partial charge in [-0.2, -0.15) is 0 Å². The van der Waals surface area contributed by atoms with Crippen molar-refractivity contribution < 1.29 is 4.74 Å². The molecule has 4 rings (SSSR count). The summed E-state index contributed by atoms with van der Waals surface area (Å²) in [5.41, 5.74) is 1.04. The zero-order valence-corrected chi connectivity index (χ0v) is 10.4. The lowest BCUT2D eigenvalue weighted by molar-refractivity contribution is 0.138. The molecule has 1 aromatic carbocycles. The van der Waals surface area contributed by atoms with Crippen molar-refractivity contribution in [3.63, 3.8) is 0 Å². The molecule has 2 aliphatic carbocycles. The highest BCUT2D eigenvalue weighted by atomic mass is 16.5. The molecule has 0 saturated heterocycles. The standard InChI is InChI=1S/C16H17NO/c1-2-4-15-12(3-1)9-14(10-17-15)18-16-8-11-5-6-13(16)7-11/h1-4,9-11,13,16H,5-8H2. The molecule has 2 nitrogen and oxygen atoms in total. The number of benzene rings is 1. The molecule has 0 amide bonds. The quantitative estimate of drug-likeness (QED) is 0.795. The zero-order chi connectivity index (χ0) is 11.9. The van der Waals surface area contributed by atoms with Crippen molar-refractivity contribution in [3.05, 3.63) is 36.5 Å². The average Bonchev–Trinajstić information content (AvgIpc) is 3.01. The molecule has 92 valence electrons. The summed E-state index contributed by atoms with van der Waals surface area (Å²) in [7, 11) is 0. The Morgan fingerprint density at radius 2 is 2.06 bits per heavy atom. The summed E-state index contributed by atoms with van der Waals surface area (Å²) < 4.78 is 6.15. The summed E-state index contributed by atoms with van der Waals surface area (Å²) >= 11 is 0. The predicted octanol–water partition coefficient (Wildman–Crippen LogP) is 3.80. The number of hydrogen-bond acceptors (Lipinski definition) is 2. The monoisotopic (exact) mass is 239 g/mol. The Labute approximate surface area is 107 Å². The fourth-order valence-electron chi connectivity index (χ4n) is 3.62. The molecule has 0 N–H and O–H groups in total. The Morgan fingerprint density at radius 1 is 1.11 bits per heavy atom. The van der Waals surface area contributed by atoms with Crippen molar-refractivity contribution in [1.82, 2.24) is 4.98 Å². The first-order chi connectivity index (χ1) is 8.88. The minimum absolute atomic E-state index is 0.437. The van der Waals surface area contributed by atoms with E-state index < -0.39 is 0 Å². The van der Waals surface area contributed by atoms with Crippen LogP contribution >= 0.6 is 0 Å². The molecule has 2 heteroatoms. The minimum Gasteiger partial charge on any atom is -0.488 e. The number of nitrogens with zero attached hydrogens (tertiary/aromatic N) is 1. The van der Waals surface area contributed by atoms with Crippen molar-refractivity contribution >= 4 is 10.9 Å². The Morgan fingerprint density at radius 3 is 2.89 bits per heavy atom. The predicted molar refractivity (Wildman–Crippen MR) is 71.6 cm³/mol. The van der Waals surface area contributed by atoms with E-state index in [4.69, 9.17) is 4.74 Å². The summed E-state index contributed by atoms with van der Waals surface area (Å²) in [5, 5.41) is 1.16. The molecule has 2 bridgehead atoms. The van der Waals surface area contributed by atoms with Crippen molar-refractivity contribution in [2.24, 2.45) is 11.8 Å². The maximum atomic E-state index is 6.15. The van der Waals surface area contributed by atoms with Gasteiger partial charge in [0.15, 0.2) is 0 Å². The molecule has 2 aliphatic rings. The van der Waals surface area contributed by atoms with Crippen LogP contribution in [0, 0.1) is 11.8 Å². The van der Waals surface area contributed by atoms with Crippen LogP contribution in [0.3, 0.4) is 0 Å². The van der Waals surface area contributed by atoms with Gasteiger partial charge < -0.3 is 4.74 Å². The van der Waals surface area contributed by atoms with Crippen molar-refractivity contribution in [3.8, 4) is 5.75 Å². The highest BCUT2D eigenvalue weighted by molar-refractivity contribution is 5.79. The molecule has 3 atom stereocenters. The Balaban J connectivity index is 1.59. The molecule has 0 aliphatic heterocycles. The van der Waals surface area contributed by atoms with Gasteiger partial charge in [0.2, 0.25) is 0 Å². The molecule has 18 heavy (non-hydrogen) atoms. The molecular weight excluding hydrogens is 222 g/mol. The minimum atomic E-state index is 0.437. The van der Waals surface area contributed by atoms with E-state index in [0.717, 1.165) is 28.5 Å². The first kappa shape index (κ1) is 10.4. The van der Waals surface area contributed by atoms with Crippen LogP contribution in [-0.2, 0) is 0 Å². The molecular formula is C16H17NO. The molecule has 2 saturated carbocycles. The first-order valence-corrected chi connectivity index (χ1v) is 6.90. The number of para-hydroxylation sites is 1. The summed E-state index contributed by atoms with van der Waals surface area (Å²) in [6, 6.07) is 10.3. The van der Waals surface area contributed by atoms with E-state index in [1.165, 1.54) is 25.7 Å². The molecule has 2 fully saturated rings. The second-order valence-electron chi connectivity index (χ2n) is 5.69. The lowest BCUT2D eigenvalue weighted by atomic mass is 9.98. The Hall–Kier alpha value is -1.57. The molecule has 3 unspecified atom stereocenters. The highest BCUT2D eigenvalue weighted by Crippen LogP contribution is 2.46. The van der Waals surface area contributed by atoms with Gasteiger partial charge >= 0.3 is 0 Å². The van der Waals surface area contributed by atoms with E-state index in [2.05, 4.69) is 17.1 Å². The van der Waals surface area contributed by atoms with Gasteiger partial charge in [-0.1, -0.05) is 18.2 Å². The Bertz CT molecular complexity index is 580. The van der Waals surface area contributed by atoms with E-state index in [0.29, 0.717) is 6.10 Å². The van der Waals surface area contributed by atoms with Crippen LogP contribution in [0.1, 0.15) is 25.7 Å². The zero-order valence-electron chi connectivity index (χ0n) is 10.4. The number of fused-ring (bicyclic) bond motifs is 3. The maximum Gasteiger partial charge on any atom is 0.138 e. The number of aromatic nitrogens is 1. The second kappa shape index (κ2) is 3.98. The van der Waals surface area contributed by atoms with Crippen molar-refractivity contribution in [1.29, 1.82) is 0 Å². The van der Waals surface area contributed by atoms with Gasteiger partial charge in [-0.05, 0) is 49.7 Å². The summed E-state index contributed by atoms with van der Waals surface area (Å²) in [5.74, 6) is 2.65. The number of hydrogen-bond donors (Lipinski definition) is 0. The third-order valence-corrected chi connectivity index (χ3v) is 4.53. The van der Waals surface area contributed by atoms with Crippen LogP contribution in [0.25, 0.3) is 10.9 Å². The number of ether oxygens (including phenoxy) is 1. The van der Waals surface area contributed by atoms with Gasteiger partial charge in [0.05, 0.1) is 11.7 Å². The van der Waals surface area contributed by atoms with Gasteiger partial charge in [0.1, 0.15) is 11.9 Å². The molecule has 0 radical (unpaired) electrons. The van der Waals surface area contributed by atoms with Crippen molar-refractivity contribution in [2.75, 3.05) is 0 Å². The smallest absolute Gasteiger partial charge is 0.138 e. The SMILES string of the molecule is c1ccc2ncc(OC3CC4CCC3C4)cc2c1. The van der Waals surface area contributed by atoms with E-state index in [-0.39, 0.29) is 0 Å². The van der Waals surface area contributed by atoms with Crippen LogP contribution in [0.4, 0.5) is 0 Å². The van der Waals surface area contributed by atoms with E-state index in [1.807, 2.05) is 24.4 Å². The summed E-state index contributed by atoms with van der Waals surface area (Å²) in [6.07, 6.45) is 7.71. The second-order valence-corrected chi connectivity index (χ2v) is 5.69. The van der Waals surface area contributed by atoms with E-state index >= 15 is 0 Å². The average molecular weight is 239 g/mol. The molecule has 2 aromatic rings. The van der Waals surface area contributed by atoms with Gasteiger partial charge in [-0.3, -0.25) is 4.98 Å². The van der Waals surface area contributed by atoms with Crippen LogP contribution in [0.5, 0.6) is 5.75 Å². The first-order valence-electron chi connectivity index (χ1n) is 6.90. The van der Waals surface area contributed by atoms with Gasteiger partial charge in [-0.15, -0.1) is 0 Å². The highest BCUT2D eigenvalue weighted by Gasteiger charge is 2.40. The van der Waals surface area contributed by atoms with Crippen LogP contribution in [-0.4, -0.2) is 11.1 Å². The third-order valence-electron chi connectivity index (χ3n) is 4.53. The number of pyridine rings is 1. The molecule has 1 aromatic heterocycles. The van der Waals surface area contributed by atoms with Crippen LogP contribution in [0.15, 0.2) is 36.5 Å². The summed E-state index contributed by atoms with van der Waals surface area (Å²) in [4.78, 5) is 4.46. The van der Waals surface area contributed by atoms with Gasteiger partial charge in [0.25, 0.3) is 0 Å². The van der Waals surface area contributed by atoms with Gasteiger partial charge in [0, 0.05) is 5.39 Å². The van der Waals surface area contributed by atoms with Crippen molar-refractivity contribution in [2.45, 2.75) is 31.8 Å². The topological polar surface area (TPSA) is 22.1 Å². The maximum absolute atomic E-state index is 6.15. The van der Waals surface area contributed by atoms with Crippen LogP contribution < -0.4 is 4.74 Å². The van der Waals surface area contributed by atoms with E-state index in [9.17, 15) is 0 Å². The largest absolute Gasteiger partial charge is 0.488 e. The lowest BCUT2D eigenvalue weighted by Crippen LogP contribution is -2.23. The fourth-order valence-corrected chi connectivity index (χ4v) is 3.62. The lowest BCUT2D eigenvalue weighted by Gasteiger charge is -2.23.